The molecule has 0 aromatic heterocycles. The maximum atomic E-state index is 6.48. The zero-order valence-corrected chi connectivity index (χ0v) is 21.4. The van der Waals surface area contributed by atoms with Gasteiger partial charge >= 0.3 is 0 Å². The predicted molar refractivity (Wildman–Crippen MR) is 140 cm³/mol. The van der Waals surface area contributed by atoms with Crippen LogP contribution in [0.3, 0.4) is 0 Å². The first-order valence-corrected chi connectivity index (χ1v) is 12.7. The average Bonchev–Trinajstić information content (AvgIpc) is 2.81. The number of benzene rings is 2. The molecule has 172 valence electrons. The van der Waals surface area contributed by atoms with Crippen molar-refractivity contribution in [3.05, 3.63) is 80.5 Å². The topological polar surface area (TPSA) is 15.6 Å². The average molecular weight is 472 g/mol. The summed E-state index contributed by atoms with van der Waals surface area (Å²) in [4.78, 5) is 7.61. The minimum absolute atomic E-state index is 0.519. The third kappa shape index (κ3) is 6.25. The molecule has 1 aliphatic carbocycles. The van der Waals surface area contributed by atoms with E-state index in [1.807, 2.05) is 30.3 Å². The van der Waals surface area contributed by atoms with E-state index in [9.17, 15) is 0 Å². The number of halogens is 2. The lowest BCUT2D eigenvalue weighted by atomic mass is 9.89. The highest BCUT2D eigenvalue weighted by Gasteiger charge is 2.28. The van der Waals surface area contributed by atoms with Crippen LogP contribution >= 0.6 is 23.2 Å². The lowest BCUT2D eigenvalue weighted by molar-refractivity contribution is 0.163. The second kappa shape index (κ2) is 12.0. The van der Waals surface area contributed by atoms with Crippen molar-refractivity contribution in [3.63, 3.8) is 0 Å². The van der Waals surface area contributed by atoms with Crippen LogP contribution in [0.4, 0.5) is 0 Å². The summed E-state index contributed by atoms with van der Waals surface area (Å²) < 4.78 is 0. The van der Waals surface area contributed by atoms with Gasteiger partial charge < -0.3 is 0 Å². The van der Waals surface area contributed by atoms with Gasteiger partial charge in [0.05, 0.1) is 0 Å². The van der Waals surface area contributed by atoms with Crippen molar-refractivity contribution < 1.29 is 0 Å². The van der Waals surface area contributed by atoms with Gasteiger partial charge in [0.25, 0.3) is 0 Å². The van der Waals surface area contributed by atoms with Crippen molar-refractivity contribution >= 4 is 28.9 Å². The highest BCUT2D eigenvalue weighted by molar-refractivity contribution is 6.34. The Morgan fingerprint density at radius 1 is 1.00 bits per heavy atom. The number of nitrogens with zero attached hydrogens (tertiary/aromatic N) is 2. The lowest BCUT2D eigenvalue weighted by Crippen LogP contribution is -2.40. The van der Waals surface area contributed by atoms with E-state index < -0.39 is 0 Å². The molecule has 4 rings (SSSR count). The fourth-order valence-electron chi connectivity index (χ4n) is 4.37. The van der Waals surface area contributed by atoms with Gasteiger partial charge in [-0.05, 0) is 56.4 Å². The summed E-state index contributed by atoms with van der Waals surface area (Å²) in [6.45, 7) is 10.7. The number of unbranched alkanes of at least 4 members (excludes halogenated alkanes) is 1. The molecule has 1 aliphatic heterocycles. The number of allylic oxidation sites excluding steroid dienone is 1. The van der Waals surface area contributed by atoms with Crippen molar-refractivity contribution in [1.82, 2.24) is 4.90 Å². The zero-order chi connectivity index (χ0) is 23.1. The molecule has 0 radical (unpaired) electrons. The highest BCUT2D eigenvalue weighted by atomic mass is 35.5. The van der Waals surface area contributed by atoms with Crippen molar-refractivity contribution in [2.24, 2.45) is 4.99 Å². The summed E-state index contributed by atoms with van der Waals surface area (Å²) in [5.74, 6) is 0. The number of hydrogen-bond donors (Lipinski definition) is 0. The number of hydrogen-bond acceptors (Lipinski definition) is 2. The minimum Gasteiger partial charge on any atom is -0.295 e. The van der Waals surface area contributed by atoms with Crippen LogP contribution in [-0.2, 0) is 13.0 Å². The molecule has 1 heterocycles. The largest absolute Gasteiger partial charge is 0.295 e. The van der Waals surface area contributed by atoms with E-state index in [4.69, 9.17) is 28.2 Å². The zero-order valence-electron chi connectivity index (χ0n) is 19.9. The molecule has 1 atom stereocenters. The van der Waals surface area contributed by atoms with Crippen molar-refractivity contribution in [3.8, 4) is 0 Å². The Morgan fingerprint density at radius 3 is 2.44 bits per heavy atom. The Balaban J connectivity index is 0.000000668. The molecule has 2 aromatic rings. The molecule has 0 N–H and O–H groups in total. The van der Waals surface area contributed by atoms with Crippen LogP contribution in [-0.4, -0.2) is 23.2 Å². The van der Waals surface area contributed by atoms with Crippen LogP contribution in [0, 0.1) is 0 Å². The molecule has 0 fully saturated rings. The quantitative estimate of drug-likeness (QED) is 0.408. The molecule has 0 saturated carbocycles. The molecular weight excluding hydrogens is 435 g/mol. The normalized spacial score (nSPS) is 19.3. The van der Waals surface area contributed by atoms with Crippen molar-refractivity contribution in [1.29, 1.82) is 0 Å². The van der Waals surface area contributed by atoms with E-state index in [0.717, 1.165) is 53.7 Å². The van der Waals surface area contributed by atoms with Crippen LogP contribution in [0.1, 0.15) is 76.5 Å². The third-order valence-corrected chi connectivity index (χ3v) is 7.29. The Labute approximate surface area is 204 Å². The molecule has 32 heavy (non-hydrogen) atoms. The van der Waals surface area contributed by atoms with E-state index in [0.29, 0.717) is 6.04 Å². The molecule has 2 aromatic carbocycles. The number of fused-ring (bicyclic) bond motifs is 1. The van der Waals surface area contributed by atoms with Crippen LogP contribution in [0.5, 0.6) is 0 Å². The fourth-order valence-corrected chi connectivity index (χ4v) is 4.90. The van der Waals surface area contributed by atoms with Crippen molar-refractivity contribution in [2.45, 2.75) is 78.8 Å². The van der Waals surface area contributed by atoms with E-state index in [2.05, 4.69) is 44.7 Å². The molecule has 1 unspecified atom stereocenters. The van der Waals surface area contributed by atoms with Gasteiger partial charge in [-0.1, -0.05) is 85.8 Å². The lowest BCUT2D eigenvalue weighted by Gasteiger charge is -2.38. The van der Waals surface area contributed by atoms with E-state index in [-0.39, 0.29) is 0 Å². The highest BCUT2D eigenvalue weighted by Crippen LogP contribution is 2.34. The number of rotatable bonds is 4. The monoisotopic (exact) mass is 470 g/mol. The van der Waals surface area contributed by atoms with Crippen LogP contribution in [0.2, 0.25) is 10.0 Å². The van der Waals surface area contributed by atoms with Gasteiger partial charge in [0.2, 0.25) is 0 Å². The third-order valence-electron chi connectivity index (χ3n) is 6.60. The fraction of sp³-hybridized carbons (Fsp3) is 0.464. The summed E-state index contributed by atoms with van der Waals surface area (Å²) in [6, 6.07) is 14.7. The Kier molecular flexibility index (Phi) is 9.40. The van der Waals surface area contributed by atoms with E-state index in [1.54, 1.807) is 0 Å². The molecule has 2 nitrogen and oxygen atoms in total. The van der Waals surface area contributed by atoms with E-state index >= 15 is 0 Å². The van der Waals surface area contributed by atoms with Gasteiger partial charge in [-0.15, -0.1) is 0 Å². The molecular formula is C28H36Cl2N2. The molecule has 2 aliphatic rings. The van der Waals surface area contributed by atoms with Gasteiger partial charge in [-0.25, -0.2) is 0 Å². The first-order chi connectivity index (χ1) is 15.4. The minimum atomic E-state index is 0.519. The summed E-state index contributed by atoms with van der Waals surface area (Å²) in [6.07, 6.45) is 7.00. The maximum Gasteiger partial charge on any atom is 0.0496 e. The predicted octanol–water partition coefficient (Wildman–Crippen LogP) is 8.49. The van der Waals surface area contributed by atoms with Crippen LogP contribution in [0.15, 0.2) is 58.7 Å². The Hall–Kier alpha value is -1.61. The number of aliphatic imine (C=N–C) groups is 1. The first kappa shape index (κ1) is 25.0. The smallest absolute Gasteiger partial charge is 0.0496 e. The van der Waals surface area contributed by atoms with Crippen LogP contribution in [0.25, 0.3) is 0 Å². The molecule has 0 amide bonds. The van der Waals surface area contributed by atoms with Gasteiger partial charge in [0.1, 0.15) is 0 Å². The molecule has 4 heteroatoms. The first-order valence-electron chi connectivity index (χ1n) is 11.9. The van der Waals surface area contributed by atoms with Gasteiger partial charge in [0.15, 0.2) is 0 Å². The SMILES string of the molecule is CC(=NC1=C(C)CCC(N2CCc3cccc(Cl)c3C2)C1)c1ccccc1Cl.CCCC. The van der Waals surface area contributed by atoms with E-state index in [1.165, 1.54) is 41.7 Å². The van der Waals surface area contributed by atoms with Crippen molar-refractivity contribution in [2.75, 3.05) is 6.54 Å². The summed E-state index contributed by atoms with van der Waals surface area (Å²) in [5.41, 5.74) is 7.34. The standard InChI is InChI=1S/C24H26Cl2N2.C4H10/c1-16-10-11-19(28-13-12-18-6-5-9-23(26)21(18)15-28)14-24(16)27-17(2)20-7-3-4-8-22(20)25;1-3-4-2/h3-9,19H,10-15H2,1-2H3;3-4H2,1-2H3. The molecule has 0 spiro atoms. The summed E-state index contributed by atoms with van der Waals surface area (Å²) >= 11 is 12.8. The Morgan fingerprint density at radius 2 is 1.72 bits per heavy atom. The Bertz CT molecular complexity index is 975. The van der Waals surface area contributed by atoms with Gasteiger partial charge in [0, 0.05) is 52.6 Å². The van der Waals surface area contributed by atoms with Gasteiger partial charge in [-0.3, -0.25) is 9.89 Å². The maximum absolute atomic E-state index is 6.48. The summed E-state index contributed by atoms with van der Waals surface area (Å²) in [7, 11) is 0. The molecule has 0 saturated heterocycles. The second-order valence-corrected chi connectivity index (χ2v) is 9.71. The second-order valence-electron chi connectivity index (χ2n) is 8.90. The summed E-state index contributed by atoms with van der Waals surface area (Å²) in [5, 5.41) is 1.66. The molecule has 0 bridgehead atoms. The van der Waals surface area contributed by atoms with Crippen LogP contribution < -0.4 is 0 Å². The van der Waals surface area contributed by atoms with Gasteiger partial charge in [-0.2, -0.15) is 0 Å².